The molecular formula is C44H51F3N12O7. The van der Waals surface area contributed by atoms with Gasteiger partial charge in [0.1, 0.15) is 30.5 Å². The number of fused-ring (bicyclic) bond motifs is 3. The van der Waals surface area contributed by atoms with Gasteiger partial charge in [0.2, 0.25) is 29.5 Å². The zero-order valence-corrected chi connectivity index (χ0v) is 37.0. The van der Waals surface area contributed by atoms with E-state index in [0.29, 0.717) is 22.3 Å². The van der Waals surface area contributed by atoms with Crippen molar-refractivity contribution in [3.63, 3.8) is 0 Å². The van der Waals surface area contributed by atoms with Gasteiger partial charge in [-0.15, -0.1) is 10.2 Å². The number of amides is 5. The number of pyridine rings is 1. The number of likely N-dealkylation sites (N-methyl/N-ethyl adjacent to an activating group) is 2. The van der Waals surface area contributed by atoms with Crippen molar-refractivity contribution < 1.29 is 46.4 Å². The molecular weight excluding hydrogens is 866 g/mol. The molecule has 0 spiro atoms. The number of carbonyl (C=O) groups excluding carboxylic acids is 5. The Hall–Kier alpha value is -7.00. The summed E-state index contributed by atoms with van der Waals surface area (Å²) in [7, 11) is 2.66. The van der Waals surface area contributed by atoms with Crippen molar-refractivity contribution in [2.45, 2.75) is 102 Å². The van der Waals surface area contributed by atoms with Crippen LogP contribution in [0.3, 0.4) is 0 Å². The van der Waals surface area contributed by atoms with Gasteiger partial charge in [-0.25, -0.2) is 0 Å². The molecule has 66 heavy (non-hydrogen) atoms. The Morgan fingerprint density at radius 2 is 1.74 bits per heavy atom. The standard InChI is InChI=1S/C44H51F3N12O7/c1-24(2)18-32-42(64)58(5)31(22-34-52-43(55-66-34)44(45,46)47)40(62)50-28(20-26-10-7-6-8-11-26)23-65-33-19-25(3)37-29(12-9-15-48-37)36(33)41(63)51-30(21-35(60)57(32)4)39(61)49-16-17-59-54-38(53-56-59)27-13-14-27/h6-12,15,19,24,27-28,30-32H,13-14,16-18,20-23H2,1-5H3,(H,49,61)(H,50,62)(H,51,63). The smallest absolute Gasteiger partial charge is 0.455 e. The molecule has 7 rings (SSSR count). The molecule has 1 aliphatic heterocycles. The first-order chi connectivity index (χ1) is 31.5. The van der Waals surface area contributed by atoms with Gasteiger partial charge in [-0.3, -0.25) is 29.0 Å². The first kappa shape index (κ1) is 47.0. The van der Waals surface area contributed by atoms with Crippen molar-refractivity contribution in [1.82, 2.24) is 61.1 Å². The van der Waals surface area contributed by atoms with Crippen molar-refractivity contribution in [1.29, 1.82) is 0 Å². The van der Waals surface area contributed by atoms with E-state index in [0.717, 1.165) is 28.2 Å². The van der Waals surface area contributed by atoms with Gasteiger partial charge >= 0.3 is 6.18 Å². The predicted molar refractivity (Wildman–Crippen MR) is 228 cm³/mol. The normalized spacial score (nSPS) is 20.4. The Labute approximate surface area is 377 Å². The molecule has 2 aliphatic rings. The molecule has 22 heteroatoms. The van der Waals surface area contributed by atoms with E-state index in [4.69, 9.17) is 9.26 Å². The third kappa shape index (κ3) is 11.3. The second-order valence-corrected chi connectivity index (χ2v) is 17.0. The highest BCUT2D eigenvalue weighted by molar-refractivity contribution is 6.10. The van der Waals surface area contributed by atoms with Gasteiger partial charge < -0.3 is 35.0 Å². The van der Waals surface area contributed by atoms with Crippen molar-refractivity contribution >= 4 is 40.4 Å². The highest BCUT2D eigenvalue weighted by Crippen LogP contribution is 2.37. The maximum absolute atomic E-state index is 14.7. The average Bonchev–Trinajstić information content (AvgIpc) is 3.82. The van der Waals surface area contributed by atoms with Crippen LogP contribution >= 0.6 is 0 Å². The Morgan fingerprint density at radius 1 is 0.985 bits per heavy atom. The van der Waals surface area contributed by atoms with Crippen LogP contribution in [0.25, 0.3) is 10.9 Å². The summed E-state index contributed by atoms with van der Waals surface area (Å²) in [5.41, 5.74) is 1.88. The Kier molecular flexibility index (Phi) is 14.3. The monoisotopic (exact) mass is 916 g/mol. The minimum absolute atomic E-state index is 0.00170. The van der Waals surface area contributed by atoms with Crippen LogP contribution in [0.15, 0.2) is 59.3 Å². The number of rotatable bonds is 11. The van der Waals surface area contributed by atoms with Crippen LogP contribution in [0, 0.1) is 12.8 Å². The Bertz CT molecular complexity index is 2560. The summed E-state index contributed by atoms with van der Waals surface area (Å²) in [4.78, 5) is 83.9. The molecule has 4 unspecified atom stereocenters. The number of alkyl halides is 3. The van der Waals surface area contributed by atoms with Gasteiger partial charge in [0.25, 0.3) is 11.7 Å². The van der Waals surface area contributed by atoms with Crippen molar-refractivity contribution in [3.8, 4) is 5.75 Å². The number of ether oxygens (including phenoxy) is 1. The van der Waals surface area contributed by atoms with Crippen LogP contribution in [-0.2, 0) is 44.7 Å². The lowest BCUT2D eigenvalue weighted by atomic mass is 9.99. The summed E-state index contributed by atoms with van der Waals surface area (Å²) >= 11 is 0. The summed E-state index contributed by atoms with van der Waals surface area (Å²) in [6, 6.07) is 8.82. The average molecular weight is 917 g/mol. The van der Waals surface area contributed by atoms with Crippen LogP contribution in [0.5, 0.6) is 5.75 Å². The molecule has 0 bridgehead atoms. The fourth-order valence-electron chi connectivity index (χ4n) is 7.75. The van der Waals surface area contributed by atoms with E-state index in [1.165, 1.54) is 18.9 Å². The molecule has 5 aromatic rings. The van der Waals surface area contributed by atoms with E-state index in [2.05, 4.69) is 46.5 Å². The first-order valence-corrected chi connectivity index (χ1v) is 21.6. The van der Waals surface area contributed by atoms with Gasteiger partial charge in [0.05, 0.1) is 36.5 Å². The largest absolute Gasteiger partial charge is 0.491 e. The van der Waals surface area contributed by atoms with Crippen LogP contribution in [0.4, 0.5) is 13.2 Å². The summed E-state index contributed by atoms with van der Waals surface area (Å²) in [5.74, 6) is -5.15. The molecule has 0 saturated heterocycles. The van der Waals surface area contributed by atoms with E-state index < -0.39 is 84.4 Å². The molecule has 4 heterocycles. The lowest BCUT2D eigenvalue weighted by Gasteiger charge is -2.35. The van der Waals surface area contributed by atoms with E-state index in [-0.39, 0.29) is 55.7 Å². The molecule has 19 nitrogen and oxygen atoms in total. The Balaban J connectivity index is 1.29. The molecule has 0 radical (unpaired) electrons. The van der Waals surface area contributed by atoms with Gasteiger partial charge in [0, 0.05) is 38.1 Å². The number of aryl methyl sites for hydroxylation is 1. The van der Waals surface area contributed by atoms with Crippen molar-refractivity contribution in [3.05, 3.63) is 89.0 Å². The minimum atomic E-state index is -4.95. The van der Waals surface area contributed by atoms with Crippen molar-refractivity contribution in [2.75, 3.05) is 27.2 Å². The van der Waals surface area contributed by atoms with Gasteiger partial charge in [0.15, 0.2) is 5.82 Å². The fraction of sp³-hybridized carbons (Fsp3) is 0.477. The molecule has 1 aliphatic carbocycles. The predicted octanol–water partition coefficient (Wildman–Crippen LogP) is 3.18. The highest BCUT2D eigenvalue weighted by atomic mass is 19.4. The Morgan fingerprint density at radius 3 is 2.44 bits per heavy atom. The van der Waals surface area contributed by atoms with Crippen LogP contribution < -0.4 is 20.7 Å². The van der Waals surface area contributed by atoms with E-state index in [9.17, 15) is 37.1 Å². The van der Waals surface area contributed by atoms with Crippen LogP contribution in [-0.4, -0.2) is 126 Å². The number of benzene rings is 2. The second kappa shape index (κ2) is 20.0. The third-order valence-electron chi connectivity index (χ3n) is 11.5. The quantitative estimate of drug-likeness (QED) is 0.173. The lowest BCUT2D eigenvalue weighted by molar-refractivity contribution is -0.148. The van der Waals surface area contributed by atoms with Gasteiger partial charge in [-0.05, 0) is 67.0 Å². The zero-order valence-electron chi connectivity index (χ0n) is 37.0. The number of tetrazole rings is 1. The number of hydrogen-bond donors (Lipinski definition) is 3. The SMILES string of the molecule is Cc1cc2c(c3cccnc13)C(=O)NC(C(=O)NCCn1nnc(C3CC3)n1)CC(=O)N(C)C(CC(C)C)C(=O)N(C)C(Cc1nc(C(F)(F)F)no1)C(=O)NC(Cc1ccccc1)CO2. The van der Waals surface area contributed by atoms with E-state index in [1.54, 1.807) is 43.5 Å². The summed E-state index contributed by atoms with van der Waals surface area (Å²) < 4.78 is 52.2. The molecule has 3 aromatic heterocycles. The summed E-state index contributed by atoms with van der Waals surface area (Å²) in [5, 5.41) is 24.4. The molecule has 3 N–H and O–H groups in total. The lowest BCUT2D eigenvalue weighted by Crippen LogP contribution is -2.57. The number of nitrogens with zero attached hydrogens (tertiary/aromatic N) is 9. The minimum Gasteiger partial charge on any atom is -0.491 e. The van der Waals surface area contributed by atoms with Crippen molar-refractivity contribution in [2.24, 2.45) is 5.92 Å². The molecule has 1 saturated carbocycles. The maximum atomic E-state index is 14.7. The second-order valence-electron chi connectivity index (χ2n) is 17.0. The number of carbonyl (C=O) groups is 5. The number of nitrogens with one attached hydrogen (secondary N) is 3. The number of halogens is 3. The molecule has 1 fully saturated rings. The molecule has 350 valence electrons. The topological polar surface area (TPSA) is 233 Å². The number of hydrogen-bond acceptors (Lipinski definition) is 13. The molecule has 2 aromatic carbocycles. The van der Waals surface area contributed by atoms with Crippen LogP contribution in [0.1, 0.15) is 84.5 Å². The fourth-order valence-corrected chi connectivity index (χ4v) is 7.75. The van der Waals surface area contributed by atoms with E-state index >= 15 is 0 Å². The van der Waals surface area contributed by atoms with Crippen LogP contribution in [0.2, 0.25) is 0 Å². The summed E-state index contributed by atoms with van der Waals surface area (Å²) in [6.45, 7) is 5.30. The molecule has 5 amide bonds. The maximum Gasteiger partial charge on any atom is 0.455 e. The first-order valence-electron chi connectivity index (χ1n) is 21.6. The van der Waals surface area contributed by atoms with Gasteiger partial charge in [-0.1, -0.05) is 55.4 Å². The van der Waals surface area contributed by atoms with E-state index in [1.807, 2.05) is 32.0 Å². The molecule has 4 atom stereocenters. The number of aromatic nitrogens is 7. The summed E-state index contributed by atoms with van der Waals surface area (Å²) in [6.07, 6.45) is -2.44. The third-order valence-corrected chi connectivity index (χ3v) is 11.5. The highest BCUT2D eigenvalue weighted by Gasteiger charge is 2.41. The zero-order chi connectivity index (χ0) is 47.3. The van der Waals surface area contributed by atoms with Gasteiger partial charge in [-0.2, -0.15) is 23.0 Å².